The first-order valence-electron chi connectivity index (χ1n) is 12.9. The van der Waals surface area contributed by atoms with Crippen molar-refractivity contribution in [1.29, 1.82) is 0 Å². The summed E-state index contributed by atoms with van der Waals surface area (Å²) in [6.07, 6.45) is -9.80. The van der Waals surface area contributed by atoms with E-state index in [9.17, 15) is 26.3 Å². The minimum atomic E-state index is -4.88. The van der Waals surface area contributed by atoms with Gasteiger partial charge in [0.25, 0.3) is 0 Å². The van der Waals surface area contributed by atoms with E-state index in [0.29, 0.717) is 18.9 Å². The third-order valence-electron chi connectivity index (χ3n) is 6.98. The molecule has 0 unspecified atom stereocenters. The number of alkyl halides is 6. The molecular weight excluding hydrogens is 532 g/mol. The Hall–Kier alpha value is -3.79. The lowest BCUT2D eigenvalue weighted by Gasteiger charge is -2.28. The van der Waals surface area contributed by atoms with Crippen molar-refractivity contribution in [2.24, 2.45) is 0 Å². The predicted molar refractivity (Wildman–Crippen MR) is 144 cm³/mol. The lowest BCUT2D eigenvalue weighted by molar-refractivity contribution is -0.143. The van der Waals surface area contributed by atoms with Gasteiger partial charge in [0.05, 0.1) is 29.9 Å². The number of nitrogens with one attached hydrogen (secondary N) is 1. The second-order valence-electron chi connectivity index (χ2n) is 9.73. The zero-order valence-electron chi connectivity index (χ0n) is 21.7. The molecule has 1 fully saturated rings. The predicted octanol–water partition coefficient (Wildman–Crippen LogP) is 7.74. The molecule has 10 heteroatoms. The fourth-order valence-corrected chi connectivity index (χ4v) is 4.96. The number of nitrogens with zero attached hydrogens (tertiary/aromatic N) is 2. The van der Waals surface area contributed by atoms with Crippen LogP contribution in [0.4, 0.5) is 37.8 Å². The molecule has 0 atom stereocenters. The summed E-state index contributed by atoms with van der Waals surface area (Å²) >= 11 is 0. The number of anilines is 2. The van der Waals surface area contributed by atoms with E-state index in [4.69, 9.17) is 9.72 Å². The topological polar surface area (TPSA) is 37.4 Å². The van der Waals surface area contributed by atoms with Gasteiger partial charge in [-0.3, -0.25) is 0 Å². The minimum absolute atomic E-state index is 0.0353. The van der Waals surface area contributed by atoms with Gasteiger partial charge in [0.15, 0.2) is 0 Å². The van der Waals surface area contributed by atoms with Crippen LogP contribution in [0.2, 0.25) is 0 Å². The average Bonchev–Trinajstić information content (AvgIpc) is 2.92. The number of hydrogen-bond acceptors (Lipinski definition) is 4. The smallest absolute Gasteiger partial charge is 0.384 e. The molecule has 1 saturated heterocycles. The van der Waals surface area contributed by atoms with Crippen LogP contribution in [-0.4, -0.2) is 37.8 Å². The van der Waals surface area contributed by atoms with E-state index >= 15 is 0 Å². The highest BCUT2D eigenvalue weighted by Gasteiger charge is 2.36. The highest BCUT2D eigenvalue weighted by atomic mass is 19.4. The van der Waals surface area contributed by atoms with Gasteiger partial charge in [-0.1, -0.05) is 24.3 Å². The third-order valence-corrected chi connectivity index (χ3v) is 6.98. The molecule has 1 aliphatic rings. The highest BCUT2D eigenvalue weighted by Crippen LogP contribution is 2.39. The molecule has 40 heavy (non-hydrogen) atoms. The van der Waals surface area contributed by atoms with E-state index < -0.39 is 23.5 Å². The van der Waals surface area contributed by atoms with Gasteiger partial charge in [0, 0.05) is 36.3 Å². The maximum absolute atomic E-state index is 13.3. The van der Waals surface area contributed by atoms with Crippen LogP contribution in [0.1, 0.15) is 22.3 Å². The summed E-state index contributed by atoms with van der Waals surface area (Å²) in [5.74, 6) is 0.845. The van der Waals surface area contributed by atoms with Gasteiger partial charge in [0.2, 0.25) is 0 Å². The fraction of sp³-hybridized carbons (Fsp3) is 0.300. The molecule has 3 aromatic carbocycles. The number of halogens is 6. The molecule has 5 rings (SSSR count). The first-order chi connectivity index (χ1) is 19.0. The molecule has 0 bridgehead atoms. The first-order valence-corrected chi connectivity index (χ1v) is 12.9. The quantitative estimate of drug-likeness (QED) is 0.245. The van der Waals surface area contributed by atoms with Crippen molar-refractivity contribution in [2.45, 2.75) is 25.7 Å². The van der Waals surface area contributed by atoms with Crippen molar-refractivity contribution in [1.82, 2.24) is 4.98 Å². The number of benzene rings is 3. The van der Waals surface area contributed by atoms with E-state index in [-0.39, 0.29) is 24.6 Å². The molecule has 0 aliphatic carbocycles. The van der Waals surface area contributed by atoms with E-state index in [0.717, 1.165) is 58.6 Å². The van der Waals surface area contributed by atoms with Crippen LogP contribution in [0, 0.1) is 6.92 Å². The summed E-state index contributed by atoms with van der Waals surface area (Å²) < 4.78 is 85.2. The van der Waals surface area contributed by atoms with E-state index in [2.05, 4.69) is 10.2 Å². The lowest BCUT2D eigenvalue weighted by Crippen LogP contribution is -2.36. The first kappa shape index (κ1) is 27.8. The zero-order valence-corrected chi connectivity index (χ0v) is 21.7. The normalized spacial score (nSPS) is 14.5. The molecule has 0 spiro atoms. The molecule has 1 aromatic heterocycles. The van der Waals surface area contributed by atoms with Crippen molar-refractivity contribution in [3.63, 3.8) is 0 Å². The standard InChI is InChI=1S/C30H27F6N3O/c1-19-4-2-3-5-23(19)28-24-6-9-27(39-12-14-40-15-13-39)38-25(24)7-8-26(28)37-11-10-20-16-21(29(31,32)33)18-22(17-20)30(34,35)36/h2-9,16-18,37H,10-15H2,1H3. The lowest BCUT2D eigenvalue weighted by atomic mass is 9.94. The molecule has 0 saturated carbocycles. The molecule has 2 heterocycles. The summed E-state index contributed by atoms with van der Waals surface area (Å²) in [6.45, 7) is 4.86. The Morgan fingerprint density at radius 1 is 0.850 bits per heavy atom. The van der Waals surface area contributed by atoms with Gasteiger partial charge in [-0.05, 0) is 72.5 Å². The molecule has 0 radical (unpaired) electrons. The van der Waals surface area contributed by atoms with Crippen LogP contribution in [0.25, 0.3) is 22.0 Å². The number of ether oxygens (including phenoxy) is 1. The van der Waals surface area contributed by atoms with Crippen LogP contribution in [-0.2, 0) is 23.5 Å². The maximum atomic E-state index is 13.3. The molecule has 4 aromatic rings. The zero-order chi connectivity index (χ0) is 28.5. The van der Waals surface area contributed by atoms with Gasteiger partial charge in [-0.2, -0.15) is 26.3 Å². The average molecular weight is 560 g/mol. The van der Waals surface area contributed by atoms with Gasteiger partial charge in [0.1, 0.15) is 5.82 Å². The van der Waals surface area contributed by atoms with Gasteiger partial charge < -0.3 is 15.0 Å². The monoisotopic (exact) mass is 559 g/mol. The molecule has 0 amide bonds. The minimum Gasteiger partial charge on any atom is -0.384 e. The number of aromatic nitrogens is 1. The summed E-state index contributed by atoms with van der Waals surface area (Å²) in [6, 6.07) is 17.2. The van der Waals surface area contributed by atoms with Gasteiger partial charge in [-0.15, -0.1) is 0 Å². The maximum Gasteiger partial charge on any atom is 0.416 e. The molecule has 4 nitrogen and oxygen atoms in total. The Morgan fingerprint density at radius 2 is 1.52 bits per heavy atom. The Kier molecular flexibility index (Phi) is 7.63. The Bertz CT molecular complexity index is 1480. The van der Waals surface area contributed by atoms with Crippen LogP contribution in [0.3, 0.4) is 0 Å². The molecule has 1 N–H and O–H groups in total. The van der Waals surface area contributed by atoms with Crippen molar-refractivity contribution in [3.05, 3.63) is 89.0 Å². The molecule has 210 valence electrons. The number of rotatable bonds is 6. The summed E-state index contributed by atoms with van der Waals surface area (Å²) in [4.78, 5) is 7.04. The van der Waals surface area contributed by atoms with Crippen LogP contribution < -0.4 is 10.2 Å². The fourth-order valence-electron chi connectivity index (χ4n) is 4.96. The Morgan fingerprint density at radius 3 is 2.17 bits per heavy atom. The van der Waals surface area contributed by atoms with Gasteiger partial charge >= 0.3 is 12.4 Å². The number of hydrogen-bond donors (Lipinski definition) is 1. The van der Waals surface area contributed by atoms with Crippen LogP contribution >= 0.6 is 0 Å². The Labute approximate surface area is 227 Å². The Balaban J connectivity index is 1.48. The third kappa shape index (κ3) is 6.01. The molecular formula is C30H27F6N3O. The number of morpholine rings is 1. The van der Waals surface area contributed by atoms with Crippen molar-refractivity contribution >= 4 is 22.4 Å². The van der Waals surface area contributed by atoms with E-state index in [1.165, 1.54) is 0 Å². The molecule has 1 aliphatic heterocycles. The van der Waals surface area contributed by atoms with Crippen molar-refractivity contribution < 1.29 is 31.1 Å². The second-order valence-corrected chi connectivity index (χ2v) is 9.73. The van der Waals surface area contributed by atoms with Crippen molar-refractivity contribution in [3.8, 4) is 11.1 Å². The van der Waals surface area contributed by atoms with Crippen molar-refractivity contribution in [2.75, 3.05) is 43.1 Å². The van der Waals surface area contributed by atoms with Crippen LogP contribution in [0.5, 0.6) is 0 Å². The number of aryl methyl sites for hydroxylation is 1. The number of fused-ring (bicyclic) bond motifs is 1. The second kappa shape index (κ2) is 11.0. The van der Waals surface area contributed by atoms with Gasteiger partial charge in [-0.25, -0.2) is 4.98 Å². The summed E-state index contributed by atoms with van der Waals surface area (Å²) in [5.41, 5.74) is 1.65. The largest absolute Gasteiger partial charge is 0.416 e. The summed E-state index contributed by atoms with van der Waals surface area (Å²) in [5, 5.41) is 4.14. The SMILES string of the molecule is Cc1ccccc1-c1c(NCCc2cc(C(F)(F)F)cc(C(F)(F)F)c2)ccc2nc(N3CCOCC3)ccc12. The highest BCUT2D eigenvalue weighted by molar-refractivity contribution is 6.02. The number of pyridine rings is 1. The van der Waals surface area contributed by atoms with Crippen LogP contribution in [0.15, 0.2) is 66.7 Å². The van der Waals surface area contributed by atoms with E-state index in [1.54, 1.807) is 0 Å². The van der Waals surface area contributed by atoms with E-state index in [1.807, 2.05) is 55.5 Å². The summed E-state index contributed by atoms with van der Waals surface area (Å²) in [7, 11) is 0.